The van der Waals surface area contributed by atoms with Gasteiger partial charge in [-0.1, -0.05) is 54.3 Å². The van der Waals surface area contributed by atoms with E-state index in [9.17, 15) is 39.0 Å². The second kappa shape index (κ2) is 26.9. The van der Waals surface area contributed by atoms with E-state index in [4.69, 9.17) is 9.47 Å². The lowest BCUT2D eigenvalue weighted by molar-refractivity contribution is -0.143. The summed E-state index contributed by atoms with van der Waals surface area (Å²) in [6, 6.07) is 18.1. The van der Waals surface area contributed by atoms with Gasteiger partial charge in [-0.3, -0.25) is 19.2 Å². The zero-order valence-electron chi connectivity index (χ0n) is 40.0. The van der Waals surface area contributed by atoms with Gasteiger partial charge in [-0.15, -0.1) is 22.7 Å². The number of carbonyl (C=O) groups excluding carboxylic acids is 6. The van der Waals surface area contributed by atoms with Gasteiger partial charge in [-0.05, 0) is 86.5 Å². The van der Waals surface area contributed by atoms with Crippen molar-refractivity contribution < 1.29 is 48.5 Å². The Morgan fingerprint density at radius 1 is 0.625 bits per heavy atom. The summed E-state index contributed by atoms with van der Waals surface area (Å²) in [5.41, 5.74) is 3.60. The molecule has 4 heterocycles. The lowest BCUT2D eigenvalue weighted by Crippen LogP contribution is -2.49. The van der Waals surface area contributed by atoms with E-state index in [1.54, 1.807) is 105 Å². The summed E-state index contributed by atoms with van der Waals surface area (Å²) in [6.07, 6.45) is 3.70. The van der Waals surface area contributed by atoms with Crippen molar-refractivity contribution in [3.8, 4) is 23.3 Å². The van der Waals surface area contributed by atoms with Crippen LogP contribution in [0.3, 0.4) is 0 Å². The monoisotopic (exact) mass is 1020 g/mol. The van der Waals surface area contributed by atoms with Crippen molar-refractivity contribution in [2.75, 3.05) is 51.0 Å². The number of phenolic OH excluding ortho intramolecular Hbond substituents is 2. The predicted octanol–water partition coefficient (Wildman–Crippen LogP) is 4.71. The number of hydrogen-bond donors (Lipinski definition) is 8. The first-order chi connectivity index (χ1) is 34.6. The van der Waals surface area contributed by atoms with Gasteiger partial charge in [0.1, 0.15) is 23.6 Å². The molecule has 72 heavy (non-hydrogen) atoms. The number of esters is 2. The van der Waals surface area contributed by atoms with Gasteiger partial charge in [0.15, 0.2) is 0 Å². The van der Waals surface area contributed by atoms with Crippen molar-refractivity contribution in [1.29, 1.82) is 0 Å². The Bertz CT molecular complexity index is 2930. The smallest absolute Gasteiger partial charge is 0.330 e. The third-order valence-corrected chi connectivity index (χ3v) is 11.7. The van der Waals surface area contributed by atoms with E-state index in [1.807, 2.05) is 18.2 Å². The highest BCUT2D eigenvalue weighted by atomic mass is 32.1. The molecule has 22 heteroatoms. The number of aromatic hydroxyl groups is 2. The predicted molar refractivity (Wildman–Crippen MR) is 272 cm³/mol. The number of ether oxygens (including phenoxy) is 2. The number of phenols is 2. The van der Waals surface area contributed by atoms with E-state index in [0.717, 1.165) is 5.56 Å². The zero-order valence-corrected chi connectivity index (χ0v) is 41.6. The number of rotatable bonds is 18. The van der Waals surface area contributed by atoms with Gasteiger partial charge in [0, 0.05) is 25.2 Å². The minimum absolute atomic E-state index is 0.137. The minimum Gasteiger partial charge on any atom is -0.508 e. The van der Waals surface area contributed by atoms with Gasteiger partial charge >= 0.3 is 11.9 Å². The van der Waals surface area contributed by atoms with Gasteiger partial charge in [-0.2, -0.15) is 0 Å². The molecular formula is C50H52N10O10S2. The van der Waals surface area contributed by atoms with Crippen molar-refractivity contribution in [1.82, 2.24) is 41.2 Å². The van der Waals surface area contributed by atoms with Crippen LogP contribution < -0.4 is 31.9 Å². The summed E-state index contributed by atoms with van der Waals surface area (Å²) >= 11 is 2.53. The zero-order chi connectivity index (χ0) is 52.2. The van der Waals surface area contributed by atoms with Crippen LogP contribution in [0.1, 0.15) is 74.0 Å². The third-order valence-electron chi connectivity index (χ3n) is 9.97. The molecule has 0 aliphatic carbocycles. The van der Waals surface area contributed by atoms with Gasteiger partial charge in [-0.25, -0.2) is 29.5 Å². The number of aryl methyl sites for hydroxylation is 4. The van der Waals surface area contributed by atoms with E-state index < -0.39 is 35.8 Å². The van der Waals surface area contributed by atoms with E-state index in [2.05, 4.69) is 63.7 Å². The van der Waals surface area contributed by atoms with Gasteiger partial charge in [0.25, 0.3) is 23.6 Å². The van der Waals surface area contributed by atoms with Gasteiger partial charge < -0.3 is 51.6 Å². The molecule has 2 atom stereocenters. The van der Waals surface area contributed by atoms with Crippen LogP contribution in [0.15, 0.2) is 89.6 Å². The Morgan fingerprint density at radius 3 is 1.54 bits per heavy atom. The summed E-state index contributed by atoms with van der Waals surface area (Å²) in [6.45, 7) is 7.03. The van der Waals surface area contributed by atoms with Crippen molar-refractivity contribution in [3.05, 3.63) is 144 Å². The lowest BCUT2D eigenvalue weighted by atomic mass is 10.1. The van der Waals surface area contributed by atoms with Crippen LogP contribution in [0.25, 0.3) is 6.08 Å². The average molecular weight is 1020 g/mol. The molecule has 6 aromatic rings. The molecule has 0 aliphatic heterocycles. The first kappa shape index (κ1) is 54.3. The summed E-state index contributed by atoms with van der Waals surface area (Å²) in [4.78, 5) is 93.1. The number of benzene rings is 2. The Kier molecular flexibility index (Phi) is 20.3. The lowest BCUT2D eigenvalue weighted by Gasteiger charge is -2.18. The summed E-state index contributed by atoms with van der Waals surface area (Å²) in [7, 11) is 2.41. The molecule has 0 unspecified atom stereocenters. The maximum absolute atomic E-state index is 13.0. The standard InChI is InChI=1S/C25H27N5O5S.C25H25N5O5S/c2*1-15-21(16(2)29-25(28-15)26-11-5-8-17-7-4-9-18(31)13-17)23(33)30-19(24(34)35-3)14-27-22(32)20-10-6-12-36-20/h4-10,12-13,19,31H,11,14H2,1-3H3,(H,27,32)(H,30,33)(H,26,28,29);4,6-7,9-10,12-13,19,31H,11,14H2,1-3H3,(H,27,32)(H,30,33)(H,26,28,29)/b8-5-;/t2*19-/m00/s1. The van der Waals surface area contributed by atoms with Crippen LogP contribution in [0.4, 0.5) is 11.9 Å². The Labute approximate surface area is 422 Å². The molecule has 0 fully saturated rings. The number of methoxy groups -OCH3 is 2. The first-order valence-electron chi connectivity index (χ1n) is 21.9. The average Bonchev–Trinajstić information content (AvgIpc) is 4.10. The first-order valence-corrected chi connectivity index (χ1v) is 23.6. The second-order valence-corrected chi connectivity index (χ2v) is 17.1. The Balaban J connectivity index is 0.000000267. The molecule has 0 saturated carbocycles. The van der Waals surface area contributed by atoms with E-state index in [-0.39, 0.29) is 54.1 Å². The molecule has 0 saturated heterocycles. The van der Waals surface area contributed by atoms with Crippen molar-refractivity contribution in [3.63, 3.8) is 0 Å². The van der Waals surface area contributed by atoms with Gasteiger partial charge in [0.2, 0.25) is 11.9 Å². The van der Waals surface area contributed by atoms with Crippen LogP contribution in [-0.2, 0) is 19.1 Å². The molecule has 2 aromatic carbocycles. The maximum Gasteiger partial charge on any atom is 0.330 e. The van der Waals surface area contributed by atoms with Crippen LogP contribution in [0.2, 0.25) is 0 Å². The SMILES string of the molecule is COC(=O)[C@H](CNC(=O)c1cccs1)NC(=O)c1c(C)nc(NC/C=C\c2cccc(O)c2)nc1C.COC(=O)[C@H](CNC(=O)c1cccs1)NC(=O)c1c(C)nc(NCC#Cc2cccc(O)c2)nc1C. The normalized spacial score (nSPS) is 11.3. The van der Waals surface area contributed by atoms with E-state index in [1.165, 1.54) is 36.9 Å². The second-order valence-electron chi connectivity index (χ2n) is 15.2. The number of thiophene rings is 2. The summed E-state index contributed by atoms with van der Waals surface area (Å²) in [5.74, 6) is 3.57. The number of nitrogens with zero attached hydrogens (tertiary/aromatic N) is 4. The molecule has 374 valence electrons. The number of aromatic nitrogens is 4. The number of amides is 4. The fraction of sp³-hybridized carbons (Fsp3) is 0.240. The molecule has 0 spiro atoms. The Hall–Kier alpha value is -8.68. The van der Waals surface area contributed by atoms with Crippen LogP contribution >= 0.6 is 22.7 Å². The largest absolute Gasteiger partial charge is 0.508 e. The molecule has 0 bridgehead atoms. The van der Waals surface area contributed by atoms with Crippen molar-refractivity contribution in [2.24, 2.45) is 0 Å². The maximum atomic E-state index is 13.0. The molecule has 0 aliphatic rings. The fourth-order valence-electron chi connectivity index (χ4n) is 6.59. The number of nitrogens with one attached hydrogen (secondary N) is 6. The van der Waals surface area contributed by atoms with Crippen LogP contribution in [-0.4, -0.2) is 118 Å². The minimum atomic E-state index is -1.10. The number of carbonyl (C=O) groups is 6. The summed E-state index contributed by atoms with van der Waals surface area (Å²) in [5, 5.41) is 39.1. The molecule has 0 radical (unpaired) electrons. The van der Waals surface area contributed by atoms with Crippen molar-refractivity contribution >= 4 is 76.2 Å². The third kappa shape index (κ3) is 16.2. The highest BCUT2D eigenvalue weighted by Crippen LogP contribution is 2.17. The molecule has 8 N–H and O–H groups in total. The molecule has 4 amide bonds. The van der Waals surface area contributed by atoms with Gasteiger partial charge in [0.05, 0.1) is 64.4 Å². The fourth-order valence-corrected chi connectivity index (χ4v) is 7.87. The van der Waals surface area contributed by atoms with Crippen molar-refractivity contribution in [2.45, 2.75) is 39.8 Å². The highest BCUT2D eigenvalue weighted by Gasteiger charge is 2.27. The van der Waals surface area contributed by atoms with E-state index in [0.29, 0.717) is 56.5 Å². The number of hydrogen-bond acceptors (Lipinski definition) is 18. The molecule has 20 nitrogen and oxygen atoms in total. The Morgan fingerprint density at radius 2 is 1.10 bits per heavy atom. The van der Waals surface area contributed by atoms with Crippen LogP contribution in [0.5, 0.6) is 11.5 Å². The highest BCUT2D eigenvalue weighted by molar-refractivity contribution is 7.12. The quantitative estimate of drug-likeness (QED) is 0.0427. The van der Waals surface area contributed by atoms with Crippen LogP contribution in [0, 0.1) is 39.5 Å². The molecule has 6 rings (SSSR count). The topological polar surface area (TPSA) is 285 Å². The molecule has 4 aromatic heterocycles. The molecular weight excluding hydrogens is 965 g/mol. The number of anilines is 2. The summed E-state index contributed by atoms with van der Waals surface area (Å²) < 4.78 is 9.56. The van der Waals surface area contributed by atoms with E-state index >= 15 is 0 Å².